The summed E-state index contributed by atoms with van der Waals surface area (Å²) >= 11 is 0. The first-order valence-corrected chi connectivity index (χ1v) is 6.16. The Balaban J connectivity index is 1.58. The van der Waals surface area contributed by atoms with Gasteiger partial charge in [-0.1, -0.05) is 5.10 Å². The van der Waals surface area contributed by atoms with Crippen LogP contribution in [0.1, 0.15) is 18.7 Å². The van der Waals surface area contributed by atoms with E-state index < -0.39 is 0 Å². The average molecular weight is 261 g/mol. The van der Waals surface area contributed by atoms with E-state index in [0.717, 1.165) is 5.69 Å². The maximum atomic E-state index is 5.47. The lowest BCUT2D eigenvalue weighted by Crippen LogP contribution is -2.15. The van der Waals surface area contributed by atoms with Crippen LogP contribution in [-0.2, 0) is 6.54 Å². The molecule has 7 nitrogen and oxygen atoms in total. The third-order valence-corrected chi connectivity index (χ3v) is 2.78. The number of nitrogens with zero attached hydrogens (tertiary/aromatic N) is 3. The van der Waals surface area contributed by atoms with Crippen LogP contribution in [0.25, 0.3) is 0 Å². The van der Waals surface area contributed by atoms with Crippen molar-refractivity contribution in [1.29, 1.82) is 0 Å². The van der Waals surface area contributed by atoms with Crippen molar-refractivity contribution in [3.8, 4) is 5.88 Å². The minimum absolute atomic E-state index is 0.361. The number of nitrogens with one attached hydrogen (secondary N) is 2. The van der Waals surface area contributed by atoms with E-state index in [9.17, 15) is 0 Å². The minimum atomic E-state index is 0.361. The quantitative estimate of drug-likeness (QED) is 0.814. The largest absolute Gasteiger partial charge is 0.481 e. The van der Waals surface area contributed by atoms with Crippen LogP contribution < -0.4 is 15.4 Å². The molecule has 1 aliphatic carbocycles. The highest BCUT2D eigenvalue weighted by Gasteiger charge is 2.21. The topological polar surface area (TPSA) is 85.1 Å². The second-order valence-electron chi connectivity index (χ2n) is 4.37. The molecule has 19 heavy (non-hydrogen) atoms. The SMILES string of the molecule is COc1ccc(Nc2nnc(CNC3CC3)o2)cn1. The average Bonchev–Trinajstić information content (AvgIpc) is 3.17. The normalized spacial score (nSPS) is 14.4. The highest BCUT2D eigenvalue weighted by Crippen LogP contribution is 2.20. The van der Waals surface area contributed by atoms with Gasteiger partial charge in [0.25, 0.3) is 0 Å². The molecule has 2 aromatic rings. The second kappa shape index (κ2) is 5.23. The minimum Gasteiger partial charge on any atom is -0.481 e. The summed E-state index contributed by atoms with van der Waals surface area (Å²) in [5.74, 6) is 1.14. The molecular weight excluding hydrogens is 246 g/mol. The van der Waals surface area contributed by atoms with Crippen LogP contribution in [0.2, 0.25) is 0 Å². The molecule has 1 fully saturated rings. The zero-order chi connectivity index (χ0) is 13.1. The Kier molecular flexibility index (Phi) is 3.28. The van der Waals surface area contributed by atoms with Gasteiger partial charge in [-0.3, -0.25) is 0 Å². The first-order chi connectivity index (χ1) is 9.33. The van der Waals surface area contributed by atoms with Crippen molar-refractivity contribution in [3.63, 3.8) is 0 Å². The molecule has 0 atom stereocenters. The number of hydrogen-bond acceptors (Lipinski definition) is 7. The van der Waals surface area contributed by atoms with Crippen LogP contribution in [0, 0.1) is 0 Å². The molecule has 0 spiro atoms. The molecule has 7 heteroatoms. The predicted octanol–water partition coefficient (Wildman–Crippen LogP) is 1.47. The zero-order valence-electron chi connectivity index (χ0n) is 10.6. The molecule has 0 aromatic carbocycles. The fraction of sp³-hybridized carbons (Fsp3) is 0.417. The lowest BCUT2D eigenvalue weighted by atomic mass is 10.4. The summed E-state index contributed by atoms with van der Waals surface area (Å²) in [6.45, 7) is 0.611. The predicted molar refractivity (Wildman–Crippen MR) is 68.2 cm³/mol. The number of methoxy groups -OCH3 is 1. The van der Waals surface area contributed by atoms with Crippen molar-refractivity contribution in [3.05, 3.63) is 24.2 Å². The molecular formula is C12H15N5O2. The molecule has 1 saturated carbocycles. The maximum Gasteiger partial charge on any atom is 0.320 e. The van der Waals surface area contributed by atoms with Crippen molar-refractivity contribution in [1.82, 2.24) is 20.5 Å². The molecule has 1 aliphatic rings. The summed E-state index contributed by atoms with van der Waals surface area (Å²) in [7, 11) is 1.58. The number of pyridine rings is 1. The van der Waals surface area contributed by atoms with Crippen LogP contribution in [0.3, 0.4) is 0 Å². The second-order valence-corrected chi connectivity index (χ2v) is 4.37. The van der Waals surface area contributed by atoms with E-state index in [4.69, 9.17) is 9.15 Å². The number of hydrogen-bond donors (Lipinski definition) is 2. The fourth-order valence-electron chi connectivity index (χ4n) is 1.59. The van der Waals surface area contributed by atoms with Crippen LogP contribution >= 0.6 is 0 Å². The van der Waals surface area contributed by atoms with E-state index in [1.807, 2.05) is 6.07 Å². The highest BCUT2D eigenvalue weighted by molar-refractivity contribution is 5.50. The van der Waals surface area contributed by atoms with Crippen LogP contribution in [-0.4, -0.2) is 28.3 Å². The van der Waals surface area contributed by atoms with Crippen molar-refractivity contribution in [2.75, 3.05) is 12.4 Å². The third kappa shape index (κ3) is 3.19. The van der Waals surface area contributed by atoms with Gasteiger partial charge in [0, 0.05) is 12.1 Å². The molecule has 0 saturated heterocycles. The molecule has 3 rings (SSSR count). The standard InChI is InChI=1S/C12H15N5O2/c1-18-10-5-4-9(6-14-10)15-12-17-16-11(19-12)7-13-8-2-3-8/h4-6,8,13H,2-3,7H2,1H3,(H,15,17). The number of aromatic nitrogens is 3. The van der Waals surface area contributed by atoms with Crippen LogP contribution in [0.15, 0.2) is 22.7 Å². The number of rotatable bonds is 6. The van der Waals surface area contributed by atoms with Gasteiger partial charge < -0.3 is 19.8 Å². The highest BCUT2D eigenvalue weighted by atomic mass is 16.5. The summed E-state index contributed by atoms with van der Waals surface area (Å²) < 4.78 is 10.5. The van der Waals surface area contributed by atoms with Gasteiger partial charge in [0.1, 0.15) is 0 Å². The van der Waals surface area contributed by atoms with Crippen molar-refractivity contribution >= 4 is 11.7 Å². The van der Waals surface area contributed by atoms with Gasteiger partial charge in [-0.2, -0.15) is 0 Å². The molecule has 0 bridgehead atoms. The Labute approximate surface area is 110 Å². The van der Waals surface area contributed by atoms with Crippen molar-refractivity contribution < 1.29 is 9.15 Å². The van der Waals surface area contributed by atoms with E-state index in [2.05, 4.69) is 25.8 Å². The van der Waals surface area contributed by atoms with Crippen LogP contribution in [0.5, 0.6) is 5.88 Å². The Morgan fingerprint density at radius 3 is 2.95 bits per heavy atom. The molecule has 2 N–H and O–H groups in total. The Morgan fingerprint density at radius 1 is 1.37 bits per heavy atom. The van der Waals surface area contributed by atoms with Crippen LogP contribution in [0.4, 0.5) is 11.7 Å². The zero-order valence-corrected chi connectivity index (χ0v) is 10.6. The first-order valence-electron chi connectivity index (χ1n) is 6.16. The molecule has 0 amide bonds. The molecule has 0 radical (unpaired) electrons. The Hall–Kier alpha value is -2.15. The summed E-state index contributed by atoms with van der Waals surface area (Å²) in [5.41, 5.74) is 0.770. The molecule has 0 unspecified atom stereocenters. The van der Waals surface area contributed by atoms with Crippen molar-refractivity contribution in [2.45, 2.75) is 25.4 Å². The van der Waals surface area contributed by atoms with E-state index >= 15 is 0 Å². The van der Waals surface area contributed by atoms with Gasteiger partial charge in [-0.15, -0.1) is 5.10 Å². The van der Waals surface area contributed by atoms with Gasteiger partial charge in [-0.05, 0) is 18.9 Å². The maximum absolute atomic E-state index is 5.47. The number of anilines is 2. The monoisotopic (exact) mass is 261 g/mol. The smallest absolute Gasteiger partial charge is 0.320 e. The van der Waals surface area contributed by atoms with E-state index in [1.165, 1.54) is 12.8 Å². The summed E-state index contributed by atoms with van der Waals surface area (Å²) in [6, 6.07) is 4.57. The molecule has 0 aliphatic heterocycles. The van der Waals surface area contributed by atoms with E-state index in [1.54, 1.807) is 19.4 Å². The summed E-state index contributed by atoms with van der Waals surface area (Å²) in [4.78, 5) is 4.08. The van der Waals surface area contributed by atoms with Gasteiger partial charge in [0.05, 0.1) is 25.5 Å². The van der Waals surface area contributed by atoms with Gasteiger partial charge >= 0.3 is 6.01 Å². The van der Waals surface area contributed by atoms with Gasteiger partial charge in [0.15, 0.2) is 0 Å². The fourth-order valence-corrected chi connectivity index (χ4v) is 1.59. The number of ether oxygens (including phenoxy) is 1. The van der Waals surface area contributed by atoms with E-state index in [0.29, 0.717) is 30.4 Å². The van der Waals surface area contributed by atoms with Gasteiger partial charge in [-0.25, -0.2) is 4.98 Å². The molecule has 2 aromatic heterocycles. The molecule has 100 valence electrons. The summed E-state index contributed by atoms with van der Waals surface area (Å²) in [5, 5.41) is 14.2. The van der Waals surface area contributed by atoms with E-state index in [-0.39, 0.29) is 0 Å². The van der Waals surface area contributed by atoms with Gasteiger partial charge in [0.2, 0.25) is 11.8 Å². The first kappa shape index (κ1) is 11.9. The Morgan fingerprint density at radius 2 is 2.26 bits per heavy atom. The third-order valence-electron chi connectivity index (χ3n) is 2.78. The molecule has 2 heterocycles. The lowest BCUT2D eigenvalue weighted by Gasteiger charge is -2.01. The summed E-state index contributed by atoms with van der Waals surface area (Å²) in [6.07, 6.45) is 4.11. The Bertz CT molecular complexity index is 535. The van der Waals surface area contributed by atoms with Crippen molar-refractivity contribution in [2.24, 2.45) is 0 Å². The lowest BCUT2D eigenvalue weighted by molar-refractivity contribution is 0.398.